The Kier molecular flexibility index (Phi) is 6.41. The van der Waals surface area contributed by atoms with E-state index in [1.165, 1.54) is 0 Å². The third-order valence-corrected chi connectivity index (χ3v) is 6.04. The second-order valence-electron chi connectivity index (χ2n) is 8.00. The van der Waals surface area contributed by atoms with Gasteiger partial charge in [-0.05, 0) is 30.3 Å². The molecule has 4 rings (SSSR count). The number of amides is 3. The summed E-state index contributed by atoms with van der Waals surface area (Å²) >= 11 is 0. The van der Waals surface area contributed by atoms with Gasteiger partial charge in [-0.15, -0.1) is 0 Å². The number of carbonyl (C=O) groups is 3. The lowest BCUT2D eigenvalue weighted by molar-refractivity contribution is -0.130. The zero-order valence-electron chi connectivity index (χ0n) is 18.4. The summed E-state index contributed by atoms with van der Waals surface area (Å²) < 4.78 is 5.18. The average Bonchev–Trinajstić information content (AvgIpc) is 3.08. The van der Waals surface area contributed by atoms with Gasteiger partial charge >= 0.3 is 0 Å². The van der Waals surface area contributed by atoms with E-state index in [0.717, 1.165) is 11.3 Å². The van der Waals surface area contributed by atoms with Crippen molar-refractivity contribution in [2.75, 3.05) is 51.8 Å². The van der Waals surface area contributed by atoms with Gasteiger partial charge in [0.15, 0.2) is 0 Å². The van der Waals surface area contributed by atoms with E-state index in [0.29, 0.717) is 50.5 Å². The number of benzene rings is 2. The smallest absolute Gasteiger partial charge is 0.256 e. The molecule has 8 nitrogen and oxygen atoms in total. The maximum atomic E-state index is 12.8. The average molecular weight is 437 g/mol. The number of nitrogens with zero attached hydrogens (tertiary/aromatic N) is 3. The second kappa shape index (κ2) is 9.40. The molecule has 0 saturated carbocycles. The van der Waals surface area contributed by atoms with Crippen molar-refractivity contribution in [3.05, 3.63) is 65.2 Å². The van der Waals surface area contributed by atoms with Gasteiger partial charge in [0.1, 0.15) is 6.17 Å². The van der Waals surface area contributed by atoms with Crippen molar-refractivity contribution < 1.29 is 19.1 Å². The van der Waals surface area contributed by atoms with E-state index >= 15 is 0 Å². The van der Waals surface area contributed by atoms with Crippen molar-refractivity contribution in [1.82, 2.24) is 14.7 Å². The van der Waals surface area contributed by atoms with Crippen molar-refractivity contribution in [3.63, 3.8) is 0 Å². The molecular formula is C24H28N4O4. The summed E-state index contributed by atoms with van der Waals surface area (Å²) in [5, 5.41) is 3.43. The molecule has 8 heteroatoms. The van der Waals surface area contributed by atoms with Crippen molar-refractivity contribution in [1.29, 1.82) is 0 Å². The highest BCUT2D eigenvalue weighted by Crippen LogP contribution is 2.34. The Hall–Kier alpha value is -3.39. The molecule has 0 aliphatic carbocycles. The standard InChI is InChI=1S/C24H28N4O4/c1-17(29)26-11-13-27(14-12-26)23(30)18-7-9-19(10-8-18)25-22-20-5-3-4-6-21(20)24(31)28(22)15-16-32-2/h3-10,22,25H,11-16H2,1-2H3. The molecule has 0 bridgehead atoms. The third kappa shape index (κ3) is 4.31. The van der Waals surface area contributed by atoms with Crippen LogP contribution in [0.4, 0.5) is 5.69 Å². The zero-order chi connectivity index (χ0) is 22.7. The summed E-state index contributed by atoms with van der Waals surface area (Å²) in [5.41, 5.74) is 3.04. The summed E-state index contributed by atoms with van der Waals surface area (Å²) in [7, 11) is 1.62. The molecule has 2 aliphatic heterocycles. The van der Waals surface area contributed by atoms with Crippen LogP contribution in [0.1, 0.15) is 39.4 Å². The van der Waals surface area contributed by atoms with Crippen LogP contribution in [-0.2, 0) is 9.53 Å². The Morgan fingerprint density at radius 3 is 2.31 bits per heavy atom. The summed E-state index contributed by atoms with van der Waals surface area (Å²) in [5.74, 6) is -0.0199. The molecule has 1 N–H and O–H groups in total. The number of fused-ring (bicyclic) bond motifs is 1. The molecular weight excluding hydrogens is 408 g/mol. The van der Waals surface area contributed by atoms with Gasteiger partial charge in [0, 0.05) is 69.1 Å². The molecule has 2 heterocycles. The first-order chi connectivity index (χ1) is 15.5. The van der Waals surface area contributed by atoms with Crippen molar-refractivity contribution in [3.8, 4) is 0 Å². The van der Waals surface area contributed by atoms with Crippen LogP contribution < -0.4 is 5.32 Å². The van der Waals surface area contributed by atoms with Gasteiger partial charge in [-0.2, -0.15) is 0 Å². The van der Waals surface area contributed by atoms with Gasteiger partial charge in [0.25, 0.3) is 11.8 Å². The lowest BCUT2D eigenvalue weighted by Gasteiger charge is -2.34. The van der Waals surface area contributed by atoms with Gasteiger partial charge in [0.2, 0.25) is 5.91 Å². The topological polar surface area (TPSA) is 82.2 Å². The number of piperazine rings is 1. The molecule has 168 valence electrons. The highest BCUT2D eigenvalue weighted by Gasteiger charge is 2.36. The summed E-state index contributed by atoms with van der Waals surface area (Å²) in [6.07, 6.45) is -0.296. The van der Waals surface area contributed by atoms with E-state index in [1.807, 2.05) is 36.4 Å². The van der Waals surface area contributed by atoms with Gasteiger partial charge in [-0.25, -0.2) is 0 Å². The highest BCUT2D eigenvalue weighted by molar-refractivity contribution is 5.99. The first-order valence-corrected chi connectivity index (χ1v) is 10.8. The van der Waals surface area contributed by atoms with Crippen LogP contribution in [0, 0.1) is 0 Å². The number of carbonyl (C=O) groups excluding carboxylic acids is 3. The summed E-state index contributed by atoms with van der Waals surface area (Å²) in [6, 6.07) is 14.9. The minimum absolute atomic E-state index is 0.0216. The van der Waals surface area contributed by atoms with Crippen LogP contribution >= 0.6 is 0 Å². The maximum Gasteiger partial charge on any atom is 0.256 e. The van der Waals surface area contributed by atoms with E-state index in [-0.39, 0.29) is 23.9 Å². The molecule has 3 amide bonds. The molecule has 0 spiro atoms. The van der Waals surface area contributed by atoms with Crippen LogP contribution in [0.25, 0.3) is 0 Å². The van der Waals surface area contributed by atoms with E-state index in [2.05, 4.69) is 5.32 Å². The molecule has 1 saturated heterocycles. The monoisotopic (exact) mass is 436 g/mol. The molecule has 0 aromatic heterocycles. The number of hydrogen-bond acceptors (Lipinski definition) is 5. The lowest BCUT2D eigenvalue weighted by Crippen LogP contribution is -2.50. The number of hydrogen-bond donors (Lipinski definition) is 1. The molecule has 2 aliphatic rings. The van der Waals surface area contributed by atoms with E-state index < -0.39 is 0 Å². The quantitative estimate of drug-likeness (QED) is 0.751. The predicted molar refractivity (Wildman–Crippen MR) is 120 cm³/mol. The highest BCUT2D eigenvalue weighted by atomic mass is 16.5. The fourth-order valence-electron chi connectivity index (χ4n) is 4.22. The molecule has 2 aromatic carbocycles. The largest absolute Gasteiger partial charge is 0.383 e. The maximum absolute atomic E-state index is 12.8. The molecule has 2 aromatic rings. The first kappa shape index (κ1) is 21.8. The summed E-state index contributed by atoms with van der Waals surface area (Å²) in [4.78, 5) is 42.5. The Balaban J connectivity index is 1.45. The van der Waals surface area contributed by atoms with Crippen LogP contribution in [0.5, 0.6) is 0 Å². The lowest BCUT2D eigenvalue weighted by atomic mass is 10.1. The molecule has 1 atom stereocenters. The third-order valence-electron chi connectivity index (χ3n) is 6.04. The van der Waals surface area contributed by atoms with Crippen molar-refractivity contribution >= 4 is 23.4 Å². The SMILES string of the molecule is COCCN1C(=O)c2ccccc2C1Nc1ccc(C(=O)N2CCN(C(C)=O)CC2)cc1. The van der Waals surface area contributed by atoms with Crippen LogP contribution in [-0.4, -0.2) is 78.9 Å². The fourth-order valence-corrected chi connectivity index (χ4v) is 4.22. The number of ether oxygens (including phenoxy) is 1. The van der Waals surface area contributed by atoms with Crippen molar-refractivity contribution in [2.24, 2.45) is 0 Å². The van der Waals surface area contributed by atoms with Crippen LogP contribution in [0.2, 0.25) is 0 Å². The number of anilines is 1. The number of nitrogens with one attached hydrogen (secondary N) is 1. The van der Waals surface area contributed by atoms with Gasteiger partial charge < -0.3 is 24.8 Å². The van der Waals surface area contributed by atoms with E-state index in [4.69, 9.17) is 4.74 Å². The van der Waals surface area contributed by atoms with E-state index in [1.54, 1.807) is 40.9 Å². The van der Waals surface area contributed by atoms with Crippen LogP contribution in [0.15, 0.2) is 48.5 Å². The van der Waals surface area contributed by atoms with Crippen molar-refractivity contribution in [2.45, 2.75) is 13.1 Å². The molecule has 1 unspecified atom stereocenters. The minimum atomic E-state index is -0.296. The Morgan fingerprint density at radius 1 is 1.00 bits per heavy atom. The van der Waals surface area contributed by atoms with Gasteiger partial charge in [-0.1, -0.05) is 18.2 Å². The fraction of sp³-hybridized carbons (Fsp3) is 0.375. The Bertz CT molecular complexity index is 999. The molecule has 32 heavy (non-hydrogen) atoms. The Morgan fingerprint density at radius 2 is 1.66 bits per heavy atom. The zero-order valence-corrected chi connectivity index (χ0v) is 18.4. The molecule has 0 radical (unpaired) electrons. The van der Waals surface area contributed by atoms with Gasteiger partial charge in [0.05, 0.1) is 6.61 Å². The second-order valence-corrected chi connectivity index (χ2v) is 8.00. The summed E-state index contributed by atoms with van der Waals surface area (Å²) in [6.45, 7) is 4.67. The predicted octanol–water partition coefficient (Wildman–Crippen LogP) is 2.20. The Labute approximate surface area is 187 Å². The minimum Gasteiger partial charge on any atom is -0.383 e. The van der Waals surface area contributed by atoms with E-state index in [9.17, 15) is 14.4 Å². The van der Waals surface area contributed by atoms with Crippen LogP contribution in [0.3, 0.4) is 0 Å². The number of rotatable bonds is 6. The van der Waals surface area contributed by atoms with Gasteiger partial charge in [-0.3, -0.25) is 14.4 Å². The first-order valence-electron chi connectivity index (χ1n) is 10.8. The normalized spacial score (nSPS) is 18.0. The molecule has 1 fully saturated rings. The number of methoxy groups -OCH3 is 1.